The zero-order valence-corrected chi connectivity index (χ0v) is 17.4. The smallest absolute Gasteiger partial charge is 0.347 e. The molecule has 0 bridgehead atoms. The number of nitrogens with one attached hydrogen (secondary N) is 1. The molecule has 0 unspecified atom stereocenters. The van der Waals surface area contributed by atoms with Gasteiger partial charge < -0.3 is 14.6 Å². The summed E-state index contributed by atoms with van der Waals surface area (Å²) in [6.07, 6.45) is 0.746. The maximum Gasteiger partial charge on any atom is 0.397 e. The van der Waals surface area contributed by atoms with Crippen LogP contribution in [0.4, 0.5) is 13.2 Å². The van der Waals surface area contributed by atoms with Gasteiger partial charge in [-0.25, -0.2) is 4.98 Å². The topological polar surface area (TPSA) is 66.7 Å². The maximum absolute atomic E-state index is 12.5. The van der Waals surface area contributed by atoms with Gasteiger partial charge in [0.05, 0.1) is 4.88 Å². The fourth-order valence-corrected chi connectivity index (χ4v) is 4.82. The van der Waals surface area contributed by atoms with Gasteiger partial charge in [-0.3, -0.25) is 9.59 Å². The number of nitrogens with zero attached hydrogens (tertiary/aromatic N) is 3. The predicted molar refractivity (Wildman–Crippen MR) is 110 cm³/mol. The first-order valence-corrected chi connectivity index (χ1v) is 10.7. The Bertz CT molecular complexity index is 1080. The van der Waals surface area contributed by atoms with Crippen molar-refractivity contribution in [1.82, 2.24) is 19.6 Å². The molecule has 6 nitrogen and oxygen atoms in total. The van der Waals surface area contributed by atoms with Gasteiger partial charge in [-0.05, 0) is 48.6 Å². The summed E-state index contributed by atoms with van der Waals surface area (Å²) in [5, 5.41) is 2.91. The Kier molecular flexibility index (Phi) is 5.99. The van der Waals surface area contributed by atoms with Gasteiger partial charge in [-0.15, -0.1) is 11.3 Å². The first-order chi connectivity index (χ1) is 14.8. The molecule has 1 saturated heterocycles. The van der Waals surface area contributed by atoms with Crippen molar-refractivity contribution in [3.8, 4) is 0 Å². The molecule has 4 rings (SSSR count). The summed E-state index contributed by atoms with van der Waals surface area (Å²) in [6, 6.07) is 7.50. The van der Waals surface area contributed by atoms with E-state index in [0.717, 1.165) is 16.1 Å². The molecular weight excluding hydrogens is 429 g/mol. The van der Waals surface area contributed by atoms with Crippen LogP contribution in [0, 0.1) is 0 Å². The number of imidazole rings is 1. The summed E-state index contributed by atoms with van der Waals surface area (Å²) in [6.45, 7) is 0.986. The lowest BCUT2D eigenvalue weighted by molar-refractivity contribution is -0.162. The molecule has 1 fully saturated rings. The minimum Gasteiger partial charge on any atom is -0.347 e. The van der Waals surface area contributed by atoms with Gasteiger partial charge in [0.2, 0.25) is 5.91 Å². The summed E-state index contributed by atoms with van der Waals surface area (Å²) in [5.74, 6) is -0.896. The average Bonchev–Trinajstić information content (AvgIpc) is 3.40. The third-order valence-electron chi connectivity index (χ3n) is 5.37. The molecule has 0 aliphatic carbocycles. The van der Waals surface area contributed by atoms with Gasteiger partial charge in [0, 0.05) is 43.1 Å². The molecule has 1 aliphatic rings. The van der Waals surface area contributed by atoms with Gasteiger partial charge in [0.25, 0.3) is 5.91 Å². The van der Waals surface area contributed by atoms with E-state index in [4.69, 9.17) is 0 Å². The van der Waals surface area contributed by atoms with Crippen molar-refractivity contribution in [1.29, 1.82) is 0 Å². The number of carbonyl (C=O) groups excluding carboxylic acids is 2. The summed E-state index contributed by atoms with van der Waals surface area (Å²) in [4.78, 5) is 31.4. The van der Waals surface area contributed by atoms with E-state index < -0.39 is 18.5 Å². The largest absolute Gasteiger partial charge is 0.397 e. The Morgan fingerprint density at radius 3 is 2.68 bits per heavy atom. The Morgan fingerprint density at radius 2 is 1.94 bits per heavy atom. The number of hydrogen-bond donors (Lipinski definition) is 1. The molecule has 4 heterocycles. The second kappa shape index (κ2) is 8.70. The summed E-state index contributed by atoms with van der Waals surface area (Å²) in [7, 11) is 0. The molecule has 3 aromatic rings. The summed E-state index contributed by atoms with van der Waals surface area (Å²) < 4.78 is 39.1. The van der Waals surface area contributed by atoms with Crippen LogP contribution >= 0.6 is 11.3 Å². The van der Waals surface area contributed by atoms with E-state index in [1.54, 1.807) is 12.3 Å². The van der Waals surface area contributed by atoms with Gasteiger partial charge in [-0.2, -0.15) is 13.2 Å². The first-order valence-electron chi connectivity index (χ1n) is 9.92. The minimum absolute atomic E-state index is 0.143. The Morgan fingerprint density at radius 1 is 1.16 bits per heavy atom. The highest BCUT2D eigenvalue weighted by molar-refractivity contribution is 7.14. The van der Waals surface area contributed by atoms with Crippen molar-refractivity contribution in [3.63, 3.8) is 0 Å². The Balaban J connectivity index is 1.29. The number of fused-ring (bicyclic) bond motifs is 1. The lowest BCUT2D eigenvalue weighted by atomic mass is 9.95. The lowest BCUT2D eigenvalue weighted by Gasteiger charge is -2.31. The second-order valence-corrected chi connectivity index (χ2v) is 8.67. The molecule has 1 N–H and O–H groups in total. The van der Waals surface area contributed by atoms with Crippen molar-refractivity contribution in [3.05, 3.63) is 58.2 Å². The zero-order valence-electron chi connectivity index (χ0n) is 16.6. The fraction of sp³-hybridized carbons (Fsp3) is 0.381. The SMILES string of the molecule is O=C(NCc1ccn2ccnc2c1)c1ccc(C2CCN(C(=O)CC(F)(F)F)CC2)s1. The molecule has 10 heteroatoms. The number of amides is 2. The number of alkyl halides is 3. The second-order valence-electron chi connectivity index (χ2n) is 7.56. The number of aromatic nitrogens is 2. The fourth-order valence-electron chi connectivity index (χ4n) is 3.72. The third kappa shape index (κ3) is 5.25. The van der Waals surface area contributed by atoms with E-state index in [1.807, 2.05) is 35.0 Å². The number of halogens is 3. The quantitative estimate of drug-likeness (QED) is 0.639. The number of likely N-dealkylation sites (tertiary alicyclic amines) is 1. The summed E-state index contributed by atoms with van der Waals surface area (Å²) >= 11 is 1.39. The molecule has 164 valence electrons. The average molecular weight is 450 g/mol. The number of pyridine rings is 1. The number of rotatable bonds is 5. The van der Waals surface area contributed by atoms with Crippen molar-refractivity contribution in [2.45, 2.75) is 37.9 Å². The van der Waals surface area contributed by atoms with Crippen LogP contribution in [-0.2, 0) is 11.3 Å². The molecule has 1 aliphatic heterocycles. The van der Waals surface area contributed by atoms with E-state index in [0.29, 0.717) is 37.4 Å². The van der Waals surface area contributed by atoms with E-state index in [-0.39, 0.29) is 11.8 Å². The highest BCUT2D eigenvalue weighted by Crippen LogP contribution is 2.33. The van der Waals surface area contributed by atoms with E-state index >= 15 is 0 Å². The van der Waals surface area contributed by atoms with Crippen LogP contribution in [-0.4, -0.2) is 45.4 Å². The third-order valence-corrected chi connectivity index (χ3v) is 6.61. The van der Waals surface area contributed by atoms with Crippen LogP contribution in [0.15, 0.2) is 42.9 Å². The molecule has 3 aromatic heterocycles. The van der Waals surface area contributed by atoms with E-state index in [9.17, 15) is 22.8 Å². The van der Waals surface area contributed by atoms with Crippen LogP contribution < -0.4 is 5.32 Å². The summed E-state index contributed by atoms with van der Waals surface area (Å²) in [5.41, 5.74) is 1.75. The van der Waals surface area contributed by atoms with Crippen LogP contribution in [0.2, 0.25) is 0 Å². The van der Waals surface area contributed by atoms with Gasteiger partial charge in [-0.1, -0.05) is 0 Å². The molecule has 0 atom stereocenters. The number of carbonyl (C=O) groups is 2. The zero-order chi connectivity index (χ0) is 22.0. The monoisotopic (exact) mass is 450 g/mol. The molecular formula is C21H21F3N4O2S. The van der Waals surface area contributed by atoms with Crippen LogP contribution in [0.25, 0.3) is 5.65 Å². The molecule has 0 saturated carbocycles. The number of thiophene rings is 1. The Hall–Kier alpha value is -2.88. The van der Waals surface area contributed by atoms with Crippen molar-refractivity contribution >= 4 is 28.8 Å². The van der Waals surface area contributed by atoms with Crippen LogP contribution in [0.1, 0.15) is 45.3 Å². The standard InChI is InChI=1S/C21H21F3N4O2S/c22-21(23,24)12-19(29)28-8-4-15(5-9-28)16-1-2-17(31-16)20(30)26-13-14-3-7-27-10-6-25-18(27)11-14/h1-3,6-7,10-11,15H,4-5,8-9,12-13H2,(H,26,30). The number of hydrogen-bond acceptors (Lipinski definition) is 4. The van der Waals surface area contributed by atoms with E-state index in [1.165, 1.54) is 16.2 Å². The lowest BCUT2D eigenvalue weighted by Crippen LogP contribution is -2.39. The van der Waals surface area contributed by atoms with Gasteiger partial charge in [0.1, 0.15) is 12.1 Å². The maximum atomic E-state index is 12.5. The molecule has 0 aromatic carbocycles. The van der Waals surface area contributed by atoms with Crippen LogP contribution in [0.3, 0.4) is 0 Å². The molecule has 2 amide bonds. The van der Waals surface area contributed by atoms with Crippen molar-refractivity contribution < 1.29 is 22.8 Å². The van der Waals surface area contributed by atoms with Crippen molar-refractivity contribution in [2.75, 3.05) is 13.1 Å². The minimum atomic E-state index is -4.48. The Labute approximate surface area is 180 Å². The highest BCUT2D eigenvalue weighted by atomic mass is 32.1. The van der Waals surface area contributed by atoms with Gasteiger partial charge >= 0.3 is 6.18 Å². The normalized spacial score (nSPS) is 15.4. The van der Waals surface area contributed by atoms with E-state index in [2.05, 4.69) is 10.3 Å². The predicted octanol–water partition coefficient (Wildman–Crippen LogP) is 3.98. The van der Waals surface area contributed by atoms with Crippen molar-refractivity contribution in [2.24, 2.45) is 0 Å². The number of piperidine rings is 1. The highest BCUT2D eigenvalue weighted by Gasteiger charge is 2.35. The molecule has 0 radical (unpaired) electrons. The first kappa shape index (κ1) is 21.4. The van der Waals surface area contributed by atoms with Crippen LogP contribution in [0.5, 0.6) is 0 Å². The molecule has 31 heavy (non-hydrogen) atoms. The molecule has 0 spiro atoms. The van der Waals surface area contributed by atoms with Gasteiger partial charge in [0.15, 0.2) is 0 Å².